The molecule has 1 aromatic heterocycles. The summed E-state index contributed by atoms with van der Waals surface area (Å²) in [7, 11) is 0. The van der Waals surface area contributed by atoms with Gasteiger partial charge in [0.1, 0.15) is 0 Å². The minimum absolute atomic E-state index is 0.224. The Bertz CT molecular complexity index is 278. The molecule has 1 aromatic rings. The van der Waals surface area contributed by atoms with Gasteiger partial charge in [0.15, 0.2) is 0 Å². The first-order chi connectivity index (χ1) is 6.38. The summed E-state index contributed by atoms with van der Waals surface area (Å²) in [4.78, 5) is 16.7. The van der Waals surface area contributed by atoms with E-state index in [9.17, 15) is 4.79 Å². The van der Waals surface area contributed by atoms with Gasteiger partial charge in [0.2, 0.25) is 5.76 Å². The van der Waals surface area contributed by atoms with Gasteiger partial charge in [-0.05, 0) is 12.8 Å². The van der Waals surface area contributed by atoms with E-state index < -0.39 is 0 Å². The van der Waals surface area contributed by atoms with Crippen molar-refractivity contribution in [3.63, 3.8) is 0 Å². The molecule has 1 fully saturated rings. The van der Waals surface area contributed by atoms with Gasteiger partial charge in [-0.25, -0.2) is 5.06 Å². The van der Waals surface area contributed by atoms with Crippen LogP contribution in [0.4, 0.5) is 0 Å². The van der Waals surface area contributed by atoms with Gasteiger partial charge in [0.25, 0.3) is 0 Å². The normalized spacial score (nSPS) is 17.4. The zero-order chi connectivity index (χ0) is 9.10. The number of hydrogen-bond acceptors (Lipinski definition) is 4. The molecule has 0 saturated carbocycles. The van der Waals surface area contributed by atoms with Crippen molar-refractivity contribution in [1.82, 2.24) is 10.2 Å². The molecular formula is C8H10N2O3. The van der Waals surface area contributed by atoms with E-state index in [0.29, 0.717) is 13.2 Å². The zero-order valence-corrected chi connectivity index (χ0v) is 7.10. The average molecular weight is 182 g/mol. The third-order valence-electron chi connectivity index (χ3n) is 1.88. The van der Waals surface area contributed by atoms with Crippen LogP contribution in [0.5, 0.6) is 0 Å². The molecule has 1 aliphatic heterocycles. The first kappa shape index (κ1) is 8.25. The van der Waals surface area contributed by atoms with Crippen molar-refractivity contribution in [2.24, 2.45) is 0 Å². The van der Waals surface area contributed by atoms with E-state index >= 15 is 0 Å². The highest BCUT2D eigenvalue weighted by atomic mass is 16.7. The third-order valence-corrected chi connectivity index (χ3v) is 1.88. The predicted molar refractivity (Wildman–Crippen MR) is 42.7 cm³/mol. The molecule has 13 heavy (non-hydrogen) atoms. The largest absolute Gasteiger partial charge is 0.351 e. The Morgan fingerprint density at radius 1 is 1.54 bits per heavy atom. The summed E-state index contributed by atoms with van der Waals surface area (Å²) >= 11 is 0. The molecule has 0 aromatic carbocycles. The van der Waals surface area contributed by atoms with Gasteiger partial charge in [-0.3, -0.25) is 9.63 Å². The lowest BCUT2D eigenvalue weighted by Crippen LogP contribution is -2.35. The number of aromatic nitrogens is 1. The lowest BCUT2D eigenvalue weighted by Gasteiger charge is -2.24. The van der Waals surface area contributed by atoms with Crippen LogP contribution >= 0.6 is 0 Å². The highest BCUT2D eigenvalue weighted by Crippen LogP contribution is 2.10. The molecule has 0 radical (unpaired) electrons. The molecule has 1 aliphatic rings. The van der Waals surface area contributed by atoms with Crippen molar-refractivity contribution in [2.75, 3.05) is 13.2 Å². The maximum Gasteiger partial charge on any atom is 0.315 e. The van der Waals surface area contributed by atoms with Gasteiger partial charge >= 0.3 is 5.91 Å². The molecule has 0 unspecified atom stereocenters. The Morgan fingerprint density at radius 2 is 2.46 bits per heavy atom. The quantitative estimate of drug-likeness (QED) is 0.645. The van der Waals surface area contributed by atoms with Crippen LogP contribution in [0.3, 0.4) is 0 Å². The van der Waals surface area contributed by atoms with Crippen molar-refractivity contribution in [1.29, 1.82) is 0 Å². The van der Waals surface area contributed by atoms with Crippen LogP contribution in [0, 0.1) is 0 Å². The van der Waals surface area contributed by atoms with E-state index in [1.165, 1.54) is 17.3 Å². The maximum absolute atomic E-state index is 11.5. The molecule has 0 bridgehead atoms. The van der Waals surface area contributed by atoms with Crippen LogP contribution in [0.25, 0.3) is 0 Å². The molecule has 70 valence electrons. The van der Waals surface area contributed by atoms with E-state index in [4.69, 9.17) is 9.36 Å². The van der Waals surface area contributed by atoms with E-state index in [1.54, 1.807) is 0 Å². The smallest absolute Gasteiger partial charge is 0.315 e. The van der Waals surface area contributed by atoms with Crippen LogP contribution in [0.2, 0.25) is 0 Å². The number of carbonyl (C=O) groups excluding carboxylic acids is 1. The fourth-order valence-corrected chi connectivity index (χ4v) is 1.21. The predicted octanol–water partition coefficient (Wildman–Crippen LogP) is 0.842. The van der Waals surface area contributed by atoms with Gasteiger partial charge in [-0.15, -0.1) is 0 Å². The molecule has 5 heteroatoms. The maximum atomic E-state index is 11.5. The monoisotopic (exact) mass is 182 g/mol. The van der Waals surface area contributed by atoms with E-state index in [0.717, 1.165) is 12.8 Å². The highest BCUT2D eigenvalue weighted by molar-refractivity contribution is 5.90. The van der Waals surface area contributed by atoms with Crippen LogP contribution in [0.1, 0.15) is 23.4 Å². The number of hydroxylamine groups is 2. The molecular weight excluding hydrogens is 172 g/mol. The Kier molecular flexibility index (Phi) is 2.27. The van der Waals surface area contributed by atoms with Crippen LogP contribution in [-0.2, 0) is 4.84 Å². The summed E-state index contributed by atoms with van der Waals surface area (Å²) in [6.07, 6.45) is 3.41. The van der Waals surface area contributed by atoms with Gasteiger partial charge < -0.3 is 4.52 Å². The molecule has 0 N–H and O–H groups in total. The second-order valence-electron chi connectivity index (χ2n) is 2.82. The van der Waals surface area contributed by atoms with Crippen molar-refractivity contribution in [2.45, 2.75) is 12.8 Å². The topological polar surface area (TPSA) is 55.6 Å². The van der Waals surface area contributed by atoms with Crippen LogP contribution in [0.15, 0.2) is 16.8 Å². The number of amides is 1. The minimum atomic E-state index is -0.253. The molecule has 1 saturated heterocycles. The fraction of sp³-hybridized carbons (Fsp3) is 0.500. The zero-order valence-electron chi connectivity index (χ0n) is 7.10. The van der Waals surface area contributed by atoms with Crippen LogP contribution < -0.4 is 0 Å². The van der Waals surface area contributed by atoms with Crippen molar-refractivity contribution in [3.8, 4) is 0 Å². The van der Waals surface area contributed by atoms with E-state index in [1.807, 2.05) is 0 Å². The van der Waals surface area contributed by atoms with Crippen molar-refractivity contribution >= 4 is 5.91 Å². The number of carbonyl (C=O) groups is 1. The molecule has 2 heterocycles. The molecule has 1 amide bonds. The summed E-state index contributed by atoms with van der Waals surface area (Å²) in [6.45, 7) is 1.22. The number of nitrogens with zero attached hydrogens (tertiary/aromatic N) is 2. The van der Waals surface area contributed by atoms with E-state index in [2.05, 4.69) is 5.16 Å². The van der Waals surface area contributed by atoms with Crippen LogP contribution in [-0.4, -0.2) is 29.3 Å². The Morgan fingerprint density at radius 3 is 3.08 bits per heavy atom. The summed E-state index contributed by atoms with van der Waals surface area (Å²) in [6, 6.07) is 1.53. The number of hydrogen-bond donors (Lipinski definition) is 0. The highest BCUT2D eigenvalue weighted by Gasteiger charge is 2.21. The SMILES string of the molecule is O=C(c1ccno1)N1CCCCO1. The summed E-state index contributed by atoms with van der Waals surface area (Å²) < 4.78 is 4.73. The molecule has 5 nitrogen and oxygen atoms in total. The average Bonchev–Trinajstić information content (AvgIpc) is 2.71. The standard InChI is InChI=1S/C8H10N2O3/c11-8(7-3-4-9-13-7)10-5-1-2-6-12-10/h3-4H,1-2,5-6H2. The summed E-state index contributed by atoms with van der Waals surface area (Å²) in [5, 5.41) is 4.78. The second kappa shape index (κ2) is 3.57. The summed E-state index contributed by atoms with van der Waals surface area (Å²) in [5.41, 5.74) is 0. The molecule has 2 rings (SSSR count). The fourth-order valence-electron chi connectivity index (χ4n) is 1.21. The first-order valence-electron chi connectivity index (χ1n) is 4.23. The van der Waals surface area contributed by atoms with Gasteiger partial charge in [-0.1, -0.05) is 5.16 Å². The molecule has 0 aliphatic carbocycles. The molecule has 0 spiro atoms. The summed E-state index contributed by atoms with van der Waals surface area (Å²) in [5.74, 6) is -0.0286. The van der Waals surface area contributed by atoms with E-state index in [-0.39, 0.29) is 11.7 Å². The Labute approximate surface area is 75.2 Å². The molecule has 0 atom stereocenters. The van der Waals surface area contributed by atoms with Gasteiger partial charge in [-0.2, -0.15) is 0 Å². The van der Waals surface area contributed by atoms with Crippen molar-refractivity contribution in [3.05, 3.63) is 18.0 Å². The third kappa shape index (κ3) is 1.70. The van der Waals surface area contributed by atoms with Crippen molar-refractivity contribution < 1.29 is 14.2 Å². The lowest BCUT2D eigenvalue weighted by molar-refractivity contribution is -0.145. The lowest BCUT2D eigenvalue weighted by atomic mass is 10.3. The number of rotatable bonds is 1. The first-order valence-corrected chi connectivity index (χ1v) is 4.23. The second-order valence-corrected chi connectivity index (χ2v) is 2.82. The minimum Gasteiger partial charge on any atom is -0.351 e. The Hall–Kier alpha value is -1.36. The van der Waals surface area contributed by atoms with Gasteiger partial charge in [0, 0.05) is 12.6 Å². The van der Waals surface area contributed by atoms with Gasteiger partial charge in [0.05, 0.1) is 12.8 Å². The Balaban J connectivity index is 2.04.